The third-order valence-electron chi connectivity index (χ3n) is 6.22. The number of aromatic carboxylic acids is 1. The zero-order valence-corrected chi connectivity index (χ0v) is 16.3. The molecule has 3 aliphatic rings. The molecule has 1 aromatic rings. The van der Waals surface area contributed by atoms with Gasteiger partial charge in [-0.3, -0.25) is 0 Å². The molecule has 0 aromatic heterocycles. The molecule has 27 heavy (non-hydrogen) atoms. The third-order valence-corrected chi connectivity index (χ3v) is 6.51. The molecular formula is C20H23ClN2O4. The van der Waals surface area contributed by atoms with Gasteiger partial charge < -0.3 is 19.5 Å². The van der Waals surface area contributed by atoms with Gasteiger partial charge in [-0.25, -0.2) is 4.79 Å². The summed E-state index contributed by atoms with van der Waals surface area (Å²) in [5, 5.41) is 18.9. The van der Waals surface area contributed by atoms with Crippen LogP contribution in [-0.2, 0) is 0 Å². The standard InChI is InChI=1S/C20H23ClN2O4/c1-12-14(18(24)25)9-15(21)17-16(12)26-19(2,27-17)13-3-7-23(8-4-13)11-20(10-22)5-6-20/h9,13H,3-8,11H2,1-2H3,(H,24,25). The fourth-order valence-electron chi connectivity index (χ4n) is 4.23. The first kappa shape index (κ1) is 18.4. The molecule has 0 bridgehead atoms. The average Bonchev–Trinajstić information content (AvgIpc) is 3.31. The van der Waals surface area contributed by atoms with Crippen LogP contribution in [-0.4, -0.2) is 41.4 Å². The monoisotopic (exact) mass is 390 g/mol. The van der Waals surface area contributed by atoms with Gasteiger partial charge in [0.25, 0.3) is 5.79 Å². The van der Waals surface area contributed by atoms with Crippen molar-refractivity contribution in [1.29, 1.82) is 5.26 Å². The first-order valence-corrected chi connectivity index (χ1v) is 9.73. The number of benzene rings is 1. The van der Waals surface area contributed by atoms with Crippen LogP contribution in [0.25, 0.3) is 0 Å². The van der Waals surface area contributed by atoms with Crippen LogP contribution in [0.1, 0.15) is 48.5 Å². The van der Waals surface area contributed by atoms with Crippen molar-refractivity contribution >= 4 is 17.6 Å². The zero-order valence-electron chi connectivity index (χ0n) is 15.5. The first-order chi connectivity index (χ1) is 12.8. The average molecular weight is 391 g/mol. The predicted octanol–water partition coefficient (Wildman–Crippen LogP) is 3.85. The van der Waals surface area contributed by atoms with Crippen molar-refractivity contribution in [3.05, 3.63) is 22.2 Å². The maximum absolute atomic E-state index is 11.4. The minimum absolute atomic E-state index is 0.120. The van der Waals surface area contributed by atoms with Crippen LogP contribution in [0.3, 0.4) is 0 Å². The molecule has 1 saturated carbocycles. The Bertz CT molecular complexity index is 837. The number of hydrogen-bond acceptors (Lipinski definition) is 5. The number of rotatable bonds is 4. The lowest BCUT2D eigenvalue weighted by Gasteiger charge is -2.39. The van der Waals surface area contributed by atoms with Gasteiger partial charge in [0.2, 0.25) is 0 Å². The molecule has 4 rings (SSSR count). The Hall–Kier alpha value is -1.97. The maximum Gasteiger partial charge on any atom is 0.336 e. The number of hydrogen-bond donors (Lipinski definition) is 1. The molecule has 1 aromatic carbocycles. The Labute approximate surface area is 163 Å². The van der Waals surface area contributed by atoms with Crippen molar-refractivity contribution in [1.82, 2.24) is 4.90 Å². The Balaban J connectivity index is 1.47. The summed E-state index contributed by atoms with van der Waals surface area (Å²) in [5.74, 6) is -0.847. The maximum atomic E-state index is 11.4. The molecule has 2 fully saturated rings. The minimum atomic E-state index is -1.03. The van der Waals surface area contributed by atoms with Crippen molar-refractivity contribution in [2.24, 2.45) is 11.3 Å². The summed E-state index contributed by atoms with van der Waals surface area (Å²) in [6, 6.07) is 3.88. The summed E-state index contributed by atoms with van der Waals surface area (Å²) in [6.45, 7) is 6.27. The summed E-state index contributed by atoms with van der Waals surface area (Å²) in [5.41, 5.74) is 0.547. The number of fused-ring (bicyclic) bond motifs is 1. The van der Waals surface area contributed by atoms with E-state index in [4.69, 9.17) is 21.1 Å². The number of nitriles is 1. The van der Waals surface area contributed by atoms with Crippen LogP contribution in [0.15, 0.2) is 6.07 Å². The fraction of sp³-hybridized carbons (Fsp3) is 0.600. The number of piperidine rings is 1. The molecule has 7 heteroatoms. The molecule has 0 amide bonds. The fourth-order valence-corrected chi connectivity index (χ4v) is 4.47. The van der Waals surface area contributed by atoms with Crippen LogP contribution >= 0.6 is 11.6 Å². The Morgan fingerprint density at radius 1 is 1.37 bits per heavy atom. The molecule has 1 atom stereocenters. The van der Waals surface area contributed by atoms with Crippen LogP contribution < -0.4 is 9.47 Å². The number of carbonyl (C=O) groups is 1. The van der Waals surface area contributed by atoms with Crippen molar-refractivity contribution < 1.29 is 19.4 Å². The van der Waals surface area contributed by atoms with E-state index in [1.807, 2.05) is 6.92 Å². The van der Waals surface area contributed by atoms with Gasteiger partial charge >= 0.3 is 5.97 Å². The smallest absolute Gasteiger partial charge is 0.336 e. The van der Waals surface area contributed by atoms with E-state index >= 15 is 0 Å². The summed E-state index contributed by atoms with van der Waals surface area (Å²) in [6.07, 6.45) is 3.81. The molecule has 144 valence electrons. The van der Waals surface area contributed by atoms with Crippen LogP contribution in [0.5, 0.6) is 11.5 Å². The van der Waals surface area contributed by atoms with E-state index in [0.717, 1.165) is 45.3 Å². The lowest BCUT2D eigenvalue weighted by atomic mass is 9.88. The van der Waals surface area contributed by atoms with E-state index in [1.165, 1.54) is 6.07 Å². The molecule has 1 N–H and O–H groups in total. The second-order valence-electron chi connectivity index (χ2n) is 8.16. The van der Waals surface area contributed by atoms with E-state index < -0.39 is 11.8 Å². The van der Waals surface area contributed by atoms with E-state index in [-0.39, 0.29) is 21.9 Å². The number of carboxylic acid groups (broad SMARTS) is 1. The highest BCUT2D eigenvalue weighted by Gasteiger charge is 2.49. The van der Waals surface area contributed by atoms with Gasteiger partial charge in [0.1, 0.15) is 0 Å². The molecule has 6 nitrogen and oxygen atoms in total. The number of carboxylic acids is 1. The number of likely N-dealkylation sites (tertiary alicyclic amines) is 1. The number of ether oxygens (including phenoxy) is 2. The molecule has 0 radical (unpaired) electrons. The van der Waals surface area contributed by atoms with Gasteiger partial charge in [-0.2, -0.15) is 5.26 Å². The molecule has 0 spiro atoms. The normalized spacial score (nSPS) is 26.6. The number of halogens is 1. The Morgan fingerprint density at radius 2 is 2.00 bits per heavy atom. The highest BCUT2D eigenvalue weighted by molar-refractivity contribution is 6.32. The zero-order chi connectivity index (χ0) is 19.4. The highest BCUT2D eigenvalue weighted by atomic mass is 35.5. The largest absolute Gasteiger partial charge is 0.478 e. The SMILES string of the molecule is Cc1c(C(=O)O)cc(Cl)c2c1OC(C)(C1CCN(CC3(C#N)CC3)CC1)O2. The van der Waals surface area contributed by atoms with Crippen LogP contribution in [0.2, 0.25) is 5.02 Å². The predicted molar refractivity (Wildman–Crippen MR) is 99.3 cm³/mol. The molecule has 2 aliphatic heterocycles. The van der Waals surface area contributed by atoms with E-state index in [2.05, 4.69) is 11.0 Å². The summed E-state index contributed by atoms with van der Waals surface area (Å²) in [4.78, 5) is 13.8. The van der Waals surface area contributed by atoms with Crippen LogP contribution in [0.4, 0.5) is 0 Å². The van der Waals surface area contributed by atoms with Gasteiger partial charge in [0, 0.05) is 24.9 Å². The lowest BCUT2D eigenvalue weighted by Crippen LogP contribution is -2.49. The molecule has 1 unspecified atom stereocenters. The summed E-state index contributed by atoms with van der Waals surface area (Å²) in [7, 11) is 0. The van der Waals surface area contributed by atoms with Gasteiger partial charge in [0.15, 0.2) is 11.5 Å². The quantitative estimate of drug-likeness (QED) is 0.840. The Kier molecular flexibility index (Phi) is 4.28. The van der Waals surface area contributed by atoms with Gasteiger partial charge in [0.05, 0.1) is 22.1 Å². The van der Waals surface area contributed by atoms with E-state index in [9.17, 15) is 15.2 Å². The molecule has 1 saturated heterocycles. The highest BCUT2D eigenvalue weighted by Crippen LogP contribution is 2.51. The molecule has 2 heterocycles. The van der Waals surface area contributed by atoms with Gasteiger partial charge in [-0.15, -0.1) is 0 Å². The molecular weight excluding hydrogens is 368 g/mol. The van der Waals surface area contributed by atoms with Crippen molar-refractivity contribution in [3.63, 3.8) is 0 Å². The second-order valence-corrected chi connectivity index (χ2v) is 8.56. The Morgan fingerprint density at radius 3 is 2.56 bits per heavy atom. The third kappa shape index (κ3) is 3.13. The van der Waals surface area contributed by atoms with Gasteiger partial charge in [-0.1, -0.05) is 11.6 Å². The topological polar surface area (TPSA) is 82.8 Å². The van der Waals surface area contributed by atoms with Crippen molar-refractivity contribution in [2.45, 2.75) is 45.3 Å². The summed E-state index contributed by atoms with van der Waals surface area (Å²) >= 11 is 6.27. The summed E-state index contributed by atoms with van der Waals surface area (Å²) < 4.78 is 12.3. The first-order valence-electron chi connectivity index (χ1n) is 9.35. The van der Waals surface area contributed by atoms with Crippen molar-refractivity contribution in [2.75, 3.05) is 19.6 Å². The number of nitrogens with zero attached hydrogens (tertiary/aromatic N) is 2. The van der Waals surface area contributed by atoms with Crippen molar-refractivity contribution in [3.8, 4) is 17.6 Å². The van der Waals surface area contributed by atoms with E-state index in [1.54, 1.807) is 6.92 Å². The van der Waals surface area contributed by atoms with Crippen LogP contribution in [0, 0.1) is 29.6 Å². The second kappa shape index (κ2) is 6.29. The minimum Gasteiger partial charge on any atom is -0.478 e. The van der Waals surface area contributed by atoms with E-state index in [0.29, 0.717) is 17.1 Å². The lowest BCUT2D eigenvalue weighted by molar-refractivity contribution is -0.125. The molecule has 1 aliphatic carbocycles. The van der Waals surface area contributed by atoms with Gasteiger partial charge in [-0.05, 0) is 51.8 Å².